The van der Waals surface area contributed by atoms with Crippen molar-refractivity contribution in [2.45, 2.75) is 25.9 Å². The Morgan fingerprint density at radius 3 is 2.65 bits per heavy atom. The molecule has 122 valence electrons. The number of para-hydroxylation sites is 1. The lowest BCUT2D eigenvalue weighted by atomic mass is 10.2. The number of aliphatic carboxylic acids is 1. The summed E-state index contributed by atoms with van der Waals surface area (Å²) in [5, 5.41) is 11.3. The summed E-state index contributed by atoms with van der Waals surface area (Å²) in [5.74, 6) is -0.215. The van der Waals surface area contributed by atoms with Crippen molar-refractivity contribution < 1.29 is 23.8 Å². The first-order valence-electron chi connectivity index (χ1n) is 7.41. The van der Waals surface area contributed by atoms with Crippen molar-refractivity contribution in [1.82, 2.24) is 5.32 Å². The van der Waals surface area contributed by atoms with Crippen molar-refractivity contribution in [3.63, 3.8) is 0 Å². The van der Waals surface area contributed by atoms with Gasteiger partial charge in [-0.1, -0.05) is 18.2 Å². The Morgan fingerprint density at radius 2 is 1.91 bits per heavy atom. The van der Waals surface area contributed by atoms with Crippen LogP contribution in [0.15, 0.2) is 47.1 Å². The van der Waals surface area contributed by atoms with Gasteiger partial charge in [0.2, 0.25) is 0 Å². The number of hydrogen-bond donors (Lipinski definition) is 2. The third kappa shape index (κ3) is 5.50. The maximum absolute atomic E-state index is 12.1. The van der Waals surface area contributed by atoms with E-state index in [-0.39, 0.29) is 24.7 Å². The minimum absolute atomic E-state index is 0.104. The Hall–Kier alpha value is -2.76. The molecule has 0 aliphatic carbocycles. The van der Waals surface area contributed by atoms with E-state index in [1.807, 2.05) is 30.3 Å². The van der Waals surface area contributed by atoms with E-state index in [9.17, 15) is 9.59 Å². The molecule has 6 heteroatoms. The molecule has 0 atom stereocenters. The Morgan fingerprint density at radius 1 is 1.13 bits per heavy atom. The van der Waals surface area contributed by atoms with Gasteiger partial charge in [-0.15, -0.1) is 0 Å². The zero-order valence-corrected chi connectivity index (χ0v) is 12.7. The lowest BCUT2D eigenvalue weighted by Crippen LogP contribution is -2.25. The lowest BCUT2D eigenvalue weighted by molar-refractivity contribution is -0.137. The second kappa shape index (κ2) is 8.63. The van der Waals surface area contributed by atoms with Gasteiger partial charge in [0.25, 0.3) is 5.91 Å². The van der Waals surface area contributed by atoms with Crippen LogP contribution in [0, 0.1) is 0 Å². The monoisotopic (exact) mass is 317 g/mol. The highest BCUT2D eigenvalue weighted by atomic mass is 16.5. The van der Waals surface area contributed by atoms with Gasteiger partial charge in [0.1, 0.15) is 12.4 Å². The summed E-state index contributed by atoms with van der Waals surface area (Å²) < 4.78 is 10.8. The number of carboxylic acid groups (broad SMARTS) is 1. The van der Waals surface area contributed by atoms with Crippen LogP contribution >= 0.6 is 0 Å². The van der Waals surface area contributed by atoms with Crippen LogP contribution < -0.4 is 10.1 Å². The molecule has 1 aromatic carbocycles. The summed E-state index contributed by atoms with van der Waals surface area (Å²) in [6, 6.07) is 11.0. The first-order valence-corrected chi connectivity index (χ1v) is 7.41. The molecule has 0 fully saturated rings. The van der Waals surface area contributed by atoms with E-state index < -0.39 is 5.97 Å². The molecule has 1 heterocycles. The molecule has 2 rings (SSSR count). The highest BCUT2D eigenvalue weighted by molar-refractivity contribution is 5.92. The average molecular weight is 317 g/mol. The normalized spacial score (nSPS) is 10.3. The molecule has 1 amide bonds. The first-order chi connectivity index (χ1) is 11.2. The van der Waals surface area contributed by atoms with Gasteiger partial charge in [0, 0.05) is 18.5 Å². The smallest absolute Gasteiger partial charge is 0.303 e. The van der Waals surface area contributed by atoms with E-state index in [2.05, 4.69) is 5.32 Å². The predicted octanol–water partition coefficient (Wildman–Crippen LogP) is 2.84. The fraction of sp³-hybridized carbons (Fsp3) is 0.294. The van der Waals surface area contributed by atoms with Crippen LogP contribution in [-0.4, -0.2) is 23.5 Å². The number of carbonyl (C=O) groups is 2. The number of nitrogens with one attached hydrogen (secondary N) is 1. The molecule has 0 saturated carbocycles. The third-order valence-corrected chi connectivity index (χ3v) is 3.19. The SMILES string of the molecule is O=C(O)CCCCNC(=O)c1occc1COc1ccccc1. The minimum Gasteiger partial charge on any atom is -0.489 e. The highest BCUT2D eigenvalue weighted by Crippen LogP contribution is 2.15. The van der Waals surface area contributed by atoms with E-state index in [1.165, 1.54) is 6.26 Å². The summed E-state index contributed by atoms with van der Waals surface area (Å²) in [6.07, 6.45) is 2.68. The van der Waals surface area contributed by atoms with Crippen LogP contribution in [-0.2, 0) is 11.4 Å². The van der Waals surface area contributed by atoms with Crippen molar-refractivity contribution in [1.29, 1.82) is 0 Å². The second-order valence-electron chi connectivity index (χ2n) is 4.98. The van der Waals surface area contributed by atoms with Gasteiger partial charge < -0.3 is 19.6 Å². The van der Waals surface area contributed by atoms with Crippen LogP contribution in [0.25, 0.3) is 0 Å². The van der Waals surface area contributed by atoms with Crippen molar-refractivity contribution in [3.8, 4) is 5.75 Å². The minimum atomic E-state index is -0.831. The summed E-state index contributed by atoms with van der Waals surface area (Å²) in [5.41, 5.74) is 0.664. The quantitative estimate of drug-likeness (QED) is 0.694. The van der Waals surface area contributed by atoms with Crippen LogP contribution in [0.2, 0.25) is 0 Å². The summed E-state index contributed by atoms with van der Waals surface area (Å²) in [7, 11) is 0. The van der Waals surface area contributed by atoms with Gasteiger partial charge >= 0.3 is 5.97 Å². The van der Waals surface area contributed by atoms with Crippen molar-refractivity contribution in [2.24, 2.45) is 0 Å². The van der Waals surface area contributed by atoms with Crippen LogP contribution in [0.4, 0.5) is 0 Å². The Labute approximate surface area is 134 Å². The van der Waals surface area contributed by atoms with Gasteiger partial charge in [-0.3, -0.25) is 9.59 Å². The molecule has 6 nitrogen and oxygen atoms in total. The summed E-state index contributed by atoms with van der Waals surface area (Å²) in [4.78, 5) is 22.5. The molecule has 0 spiro atoms. The van der Waals surface area contributed by atoms with E-state index in [0.717, 1.165) is 0 Å². The molecule has 23 heavy (non-hydrogen) atoms. The fourth-order valence-electron chi connectivity index (χ4n) is 2.01. The molecular weight excluding hydrogens is 298 g/mol. The third-order valence-electron chi connectivity index (χ3n) is 3.19. The largest absolute Gasteiger partial charge is 0.489 e. The molecule has 0 bridgehead atoms. The molecule has 0 unspecified atom stereocenters. The van der Waals surface area contributed by atoms with Gasteiger partial charge in [0.15, 0.2) is 5.76 Å². The number of benzene rings is 1. The summed E-state index contributed by atoms with van der Waals surface area (Å²) in [6.45, 7) is 0.647. The fourth-order valence-corrected chi connectivity index (χ4v) is 2.01. The topological polar surface area (TPSA) is 88.8 Å². The number of carbonyl (C=O) groups excluding carboxylic acids is 1. The number of ether oxygens (including phenoxy) is 1. The van der Waals surface area contributed by atoms with E-state index >= 15 is 0 Å². The standard InChI is InChI=1S/C17H19NO5/c19-15(20)8-4-5-10-18-17(21)16-13(9-11-22-16)12-23-14-6-2-1-3-7-14/h1-3,6-7,9,11H,4-5,8,10,12H2,(H,18,21)(H,19,20). The van der Waals surface area contributed by atoms with Gasteiger partial charge in [0.05, 0.1) is 6.26 Å². The molecule has 0 saturated heterocycles. The molecule has 2 aromatic rings. The maximum atomic E-state index is 12.1. The second-order valence-corrected chi connectivity index (χ2v) is 4.98. The zero-order chi connectivity index (χ0) is 16.5. The molecular formula is C17H19NO5. The molecule has 1 aromatic heterocycles. The van der Waals surface area contributed by atoms with Crippen molar-refractivity contribution in [2.75, 3.05) is 6.54 Å². The van der Waals surface area contributed by atoms with E-state index in [0.29, 0.717) is 30.7 Å². The highest BCUT2D eigenvalue weighted by Gasteiger charge is 2.15. The van der Waals surface area contributed by atoms with E-state index in [4.69, 9.17) is 14.3 Å². The van der Waals surface area contributed by atoms with Crippen molar-refractivity contribution >= 4 is 11.9 Å². The van der Waals surface area contributed by atoms with Gasteiger partial charge in [-0.2, -0.15) is 0 Å². The van der Waals surface area contributed by atoms with Crippen LogP contribution in [0.1, 0.15) is 35.4 Å². The number of furan rings is 1. The molecule has 0 aliphatic heterocycles. The maximum Gasteiger partial charge on any atom is 0.303 e. The van der Waals surface area contributed by atoms with Gasteiger partial charge in [-0.25, -0.2) is 0 Å². The number of amides is 1. The molecule has 0 radical (unpaired) electrons. The van der Waals surface area contributed by atoms with E-state index in [1.54, 1.807) is 6.07 Å². The average Bonchev–Trinajstić information content (AvgIpc) is 3.02. The number of unbranched alkanes of at least 4 members (excludes halogenated alkanes) is 1. The zero-order valence-electron chi connectivity index (χ0n) is 12.7. The van der Waals surface area contributed by atoms with Gasteiger partial charge in [-0.05, 0) is 31.0 Å². The lowest BCUT2D eigenvalue weighted by Gasteiger charge is -2.07. The number of carboxylic acids is 1. The first kappa shape index (κ1) is 16.6. The van der Waals surface area contributed by atoms with Crippen LogP contribution in [0.3, 0.4) is 0 Å². The van der Waals surface area contributed by atoms with Crippen molar-refractivity contribution in [3.05, 3.63) is 54.0 Å². The predicted molar refractivity (Wildman–Crippen MR) is 83.3 cm³/mol. The molecule has 2 N–H and O–H groups in total. The summed E-state index contributed by atoms with van der Waals surface area (Å²) >= 11 is 0. The number of rotatable bonds is 9. The number of hydrogen-bond acceptors (Lipinski definition) is 4. The Bertz CT molecular complexity index is 635. The van der Waals surface area contributed by atoms with Crippen LogP contribution in [0.5, 0.6) is 5.75 Å². The Balaban J connectivity index is 1.80. The Kier molecular flexibility index (Phi) is 6.23. The molecule has 0 aliphatic rings.